The van der Waals surface area contributed by atoms with Gasteiger partial charge in [0.2, 0.25) is 0 Å². The highest BCUT2D eigenvalue weighted by molar-refractivity contribution is 9.09. The molecule has 94 valence electrons. The summed E-state index contributed by atoms with van der Waals surface area (Å²) in [5.74, 6) is -0.291. The highest BCUT2D eigenvalue weighted by Crippen LogP contribution is 2.03. The number of esters is 1. The third-order valence-corrected chi connectivity index (χ3v) is 2.99. The Bertz CT molecular complexity index is 239. The van der Waals surface area contributed by atoms with E-state index in [1.54, 1.807) is 6.92 Å². The number of nitrogens with zero attached hydrogens (tertiary/aromatic N) is 1. The molecule has 0 aromatic carbocycles. The van der Waals surface area contributed by atoms with Crippen molar-refractivity contribution >= 4 is 21.9 Å². The summed E-state index contributed by atoms with van der Waals surface area (Å²) in [5.41, 5.74) is 0.463. The maximum atomic E-state index is 11.2. The number of unbranched alkanes of at least 4 members (excludes halogenated alkanes) is 1. The molecular weight excluding hydrogens is 270 g/mol. The Hall–Kier alpha value is -0.350. The number of halogens is 1. The van der Waals surface area contributed by atoms with E-state index in [9.17, 15) is 4.79 Å². The molecule has 4 heteroatoms. The summed E-state index contributed by atoms with van der Waals surface area (Å²) in [7, 11) is 4.31. The lowest BCUT2D eigenvalue weighted by molar-refractivity contribution is -0.890. The zero-order valence-electron chi connectivity index (χ0n) is 10.6. The first kappa shape index (κ1) is 15.7. The first-order valence-corrected chi connectivity index (χ1v) is 6.72. The van der Waals surface area contributed by atoms with Crippen LogP contribution in [-0.2, 0) is 9.53 Å². The molecule has 0 atom stereocenters. The molecule has 16 heavy (non-hydrogen) atoms. The average molecular weight is 293 g/mol. The molecule has 0 saturated heterocycles. The van der Waals surface area contributed by atoms with Crippen LogP contribution in [0.5, 0.6) is 0 Å². The third-order valence-electron chi connectivity index (χ3n) is 2.43. The molecular formula is C12H23BrNO2+. The van der Waals surface area contributed by atoms with E-state index < -0.39 is 0 Å². The van der Waals surface area contributed by atoms with Crippen LogP contribution in [0.3, 0.4) is 0 Å². The highest BCUT2D eigenvalue weighted by Gasteiger charge is 2.15. The van der Waals surface area contributed by atoms with Crippen molar-refractivity contribution in [1.82, 2.24) is 0 Å². The second-order valence-corrected chi connectivity index (χ2v) is 5.49. The van der Waals surface area contributed by atoms with Crippen molar-refractivity contribution in [2.75, 3.05) is 39.1 Å². The molecule has 0 saturated carbocycles. The van der Waals surface area contributed by atoms with Crippen LogP contribution in [0, 0.1) is 0 Å². The van der Waals surface area contributed by atoms with Crippen molar-refractivity contribution < 1.29 is 14.0 Å². The van der Waals surface area contributed by atoms with E-state index >= 15 is 0 Å². The first-order valence-electron chi connectivity index (χ1n) is 5.59. The van der Waals surface area contributed by atoms with Crippen molar-refractivity contribution in [3.63, 3.8) is 0 Å². The zero-order valence-corrected chi connectivity index (χ0v) is 12.2. The Morgan fingerprint density at radius 1 is 1.31 bits per heavy atom. The maximum absolute atomic E-state index is 11.2. The monoisotopic (exact) mass is 292 g/mol. The van der Waals surface area contributed by atoms with Gasteiger partial charge >= 0.3 is 5.97 Å². The van der Waals surface area contributed by atoms with Crippen LogP contribution in [0.2, 0.25) is 0 Å². The Kier molecular flexibility index (Phi) is 7.68. The van der Waals surface area contributed by atoms with E-state index in [4.69, 9.17) is 4.74 Å². The highest BCUT2D eigenvalue weighted by atomic mass is 79.9. The molecule has 0 aliphatic rings. The topological polar surface area (TPSA) is 26.3 Å². The maximum Gasteiger partial charge on any atom is 0.333 e. The number of hydrogen-bond acceptors (Lipinski definition) is 2. The number of rotatable bonds is 8. The molecule has 0 aromatic heterocycles. The van der Waals surface area contributed by atoms with Gasteiger partial charge in [0, 0.05) is 10.9 Å². The molecule has 3 nitrogen and oxygen atoms in total. The molecule has 0 rings (SSSR count). The largest absolute Gasteiger partial charge is 0.456 e. The van der Waals surface area contributed by atoms with Crippen LogP contribution in [0.25, 0.3) is 0 Å². The lowest BCUT2D eigenvalue weighted by Gasteiger charge is -2.29. The van der Waals surface area contributed by atoms with Crippen LogP contribution in [0.15, 0.2) is 12.2 Å². The van der Waals surface area contributed by atoms with Gasteiger partial charge in [0.1, 0.15) is 13.2 Å². The van der Waals surface area contributed by atoms with Gasteiger partial charge in [-0.15, -0.1) is 0 Å². The summed E-state index contributed by atoms with van der Waals surface area (Å²) in [6.07, 6.45) is 2.37. The number of hydrogen-bond donors (Lipinski definition) is 0. The molecule has 0 fully saturated rings. The number of carbonyl (C=O) groups is 1. The fraction of sp³-hybridized carbons (Fsp3) is 0.750. The van der Waals surface area contributed by atoms with Crippen molar-refractivity contribution in [2.24, 2.45) is 0 Å². The zero-order chi connectivity index (χ0) is 12.6. The predicted molar refractivity (Wildman–Crippen MR) is 70.6 cm³/mol. The quantitative estimate of drug-likeness (QED) is 0.226. The van der Waals surface area contributed by atoms with Crippen LogP contribution in [-0.4, -0.2) is 49.6 Å². The van der Waals surface area contributed by atoms with Gasteiger partial charge in [-0.1, -0.05) is 22.5 Å². The fourth-order valence-corrected chi connectivity index (χ4v) is 1.65. The Labute approximate surface area is 107 Å². The van der Waals surface area contributed by atoms with Crippen LogP contribution in [0.1, 0.15) is 19.8 Å². The second kappa shape index (κ2) is 7.85. The number of carbonyl (C=O) groups excluding carboxylic acids is 1. The summed E-state index contributed by atoms with van der Waals surface area (Å²) in [5, 5.41) is 1.05. The number of quaternary nitrogens is 1. The fourth-order valence-electron chi connectivity index (χ4n) is 1.25. The van der Waals surface area contributed by atoms with Crippen molar-refractivity contribution in [2.45, 2.75) is 19.8 Å². The molecule has 0 aliphatic carbocycles. The van der Waals surface area contributed by atoms with Gasteiger partial charge in [0.15, 0.2) is 0 Å². The van der Waals surface area contributed by atoms with Crippen LogP contribution < -0.4 is 0 Å². The Morgan fingerprint density at radius 2 is 1.94 bits per heavy atom. The second-order valence-electron chi connectivity index (χ2n) is 4.70. The predicted octanol–water partition coefficient (Wildman–Crippen LogP) is 2.36. The summed E-state index contributed by atoms with van der Waals surface area (Å²) in [6.45, 7) is 7.63. The average Bonchev–Trinajstić information content (AvgIpc) is 2.17. The summed E-state index contributed by atoms with van der Waals surface area (Å²) in [6, 6.07) is 0. The van der Waals surface area contributed by atoms with Gasteiger partial charge in [-0.25, -0.2) is 4.79 Å². The lowest BCUT2D eigenvalue weighted by Crippen LogP contribution is -2.43. The smallest absolute Gasteiger partial charge is 0.333 e. The molecule has 0 aromatic rings. The molecule has 0 radical (unpaired) electrons. The lowest BCUT2D eigenvalue weighted by atomic mass is 10.3. The van der Waals surface area contributed by atoms with Crippen LogP contribution in [0.4, 0.5) is 0 Å². The van der Waals surface area contributed by atoms with E-state index in [0.29, 0.717) is 12.2 Å². The SMILES string of the molecule is C=C(C)C(=O)OCC[N+](C)(C)CCCCBr. The number of ether oxygens (including phenoxy) is 1. The standard InChI is InChI=1S/C12H23BrNO2/c1-11(2)12(15)16-10-9-14(3,4)8-6-5-7-13/h1,5-10H2,2-4H3/q+1. The Balaban J connectivity index is 3.73. The molecule has 0 unspecified atom stereocenters. The third kappa shape index (κ3) is 7.88. The molecule has 0 aliphatic heterocycles. The molecule has 0 N–H and O–H groups in total. The summed E-state index contributed by atoms with van der Waals surface area (Å²) >= 11 is 3.42. The number of likely N-dealkylation sites (N-methyl/N-ethyl adjacent to an activating group) is 1. The minimum atomic E-state index is -0.291. The minimum Gasteiger partial charge on any atom is -0.456 e. The molecule has 0 spiro atoms. The van der Waals surface area contributed by atoms with Crippen LogP contribution >= 0.6 is 15.9 Å². The van der Waals surface area contributed by atoms with E-state index in [2.05, 4.69) is 36.6 Å². The van der Waals surface area contributed by atoms with E-state index in [1.807, 2.05) is 0 Å². The number of alkyl halides is 1. The van der Waals surface area contributed by atoms with Crippen molar-refractivity contribution in [3.05, 3.63) is 12.2 Å². The van der Waals surface area contributed by atoms with Gasteiger partial charge in [-0.3, -0.25) is 0 Å². The summed E-state index contributed by atoms with van der Waals surface area (Å²) in [4.78, 5) is 11.2. The minimum absolute atomic E-state index is 0.291. The molecule has 0 amide bonds. The molecule has 0 bridgehead atoms. The van der Waals surface area contributed by atoms with Gasteiger partial charge in [0.25, 0.3) is 0 Å². The first-order chi connectivity index (χ1) is 7.39. The van der Waals surface area contributed by atoms with Gasteiger partial charge in [-0.05, 0) is 19.8 Å². The van der Waals surface area contributed by atoms with E-state index in [-0.39, 0.29) is 5.97 Å². The van der Waals surface area contributed by atoms with Gasteiger partial charge in [-0.2, -0.15) is 0 Å². The Morgan fingerprint density at radius 3 is 2.44 bits per heavy atom. The van der Waals surface area contributed by atoms with Crippen molar-refractivity contribution in [1.29, 1.82) is 0 Å². The van der Waals surface area contributed by atoms with E-state index in [1.165, 1.54) is 12.8 Å². The van der Waals surface area contributed by atoms with E-state index in [0.717, 1.165) is 22.9 Å². The summed E-state index contributed by atoms with van der Waals surface area (Å²) < 4.78 is 5.97. The van der Waals surface area contributed by atoms with Gasteiger partial charge in [0.05, 0.1) is 20.6 Å². The van der Waals surface area contributed by atoms with Crippen molar-refractivity contribution in [3.8, 4) is 0 Å². The molecule has 0 heterocycles. The normalized spacial score (nSPS) is 11.2. The van der Waals surface area contributed by atoms with Gasteiger partial charge < -0.3 is 9.22 Å².